The molecule has 0 aliphatic carbocycles. The fourth-order valence-electron chi connectivity index (χ4n) is 3.51. The van der Waals surface area contributed by atoms with Crippen molar-refractivity contribution in [3.8, 4) is 0 Å². The Morgan fingerprint density at radius 3 is 2.37 bits per heavy atom. The first-order valence-electron chi connectivity index (χ1n) is 9.97. The number of rotatable bonds is 6. The Balaban J connectivity index is 2.47. The molecule has 6 heteroatoms. The Morgan fingerprint density at radius 1 is 1.26 bits per heavy atom. The van der Waals surface area contributed by atoms with Crippen molar-refractivity contribution in [2.45, 2.75) is 52.6 Å². The Hall–Kier alpha value is -1.95. The molecule has 1 amide bonds. The van der Waals surface area contributed by atoms with Crippen molar-refractivity contribution in [1.29, 1.82) is 0 Å². The number of amidine groups is 1. The van der Waals surface area contributed by atoms with E-state index in [0.717, 1.165) is 31.0 Å². The molecule has 1 N–H and O–H groups in total. The van der Waals surface area contributed by atoms with Gasteiger partial charge in [0.25, 0.3) is 5.91 Å². The molecule has 2 saturated heterocycles. The number of carbonyl (C=O) groups excluding carboxylic acids is 1. The highest BCUT2D eigenvalue weighted by Crippen LogP contribution is 2.26. The van der Waals surface area contributed by atoms with Gasteiger partial charge in [-0.05, 0) is 45.1 Å². The van der Waals surface area contributed by atoms with Crippen LogP contribution < -0.4 is 0 Å². The maximum absolute atomic E-state index is 13.1. The molecule has 2 aliphatic heterocycles. The highest BCUT2D eigenvalue weighted by molar-refractivity contribution is 6.13. The van der Waals surface area contributed by atoms with E-state index in [2.05, 4.69) is 23.7 Å². The van der Waals surface area contributed by atoms with E-state index in [4.69, 9.17) is 4.99 Å². The molecular weight excluding hydrogens is 340 g/mol. The molecule has 1 unspecified atom stereocenters. The molecule has 6 nitrogen and oxygen atoms in total. The summed E-state index contributed by atoms with van der Waals surface area (Å²) in [5, 5.41) is 10.0. The van der Waals surface area contributed by atoms with Crippen LogP contribution in [-0.2, 0) is 4.79 Å². The predicted octanol–water partition coefficient (Wildman–Crippen LogP) is 2.65. The van der Waals surface area contributed by atoms with Gasteiger partial charge in [0.2, 0.25) is 0 Å². The van der Waals surface area contributed by atoms with Crippen molar-refractivity contribution >= 4 is 18.0 Å². The van der Waals surface area contributed by atoms with E-state index in [1.807, 2.05) is 19.1 Å². The minimum Gasteiger partial charge on any atom is -0.386 e. The second kappa shape index (κ2) is 9.31. The van der Waals surface area contributed by atoms with Crippen LogP contribution in [-0.4, -0.2) is 71.7 Å². The number of hydrogen-bond acceptors (Lipinski definition) is 4. The van der Waals surface area contributed by atoms with Crippen molar-refractivity contribution in [3.63, 3.8) is 0 Å². The fraction of sp³-hybridized carbons (Fsp3) is 0.667. The van der Waals surface area contributed by atoms with Crippen LogP contribution in [0.1, 0.15) is 47.0 Å². The number of aliphatic imine (C=N–C) groups is 2. The van der Waals surface area contributed by atoms with Gasteiger partial charge in [0.15, 0.2) is 0 Å². The Labute approximate surface area is 163 Å². The van der Waals surface area contributed by atoms with Crippen LogP contribution in [0.3, 0.4) is 0 Å². The first-order chi connectivity index (χ1) is 12.8. The molecule has 150 valence electrons. The summed E-state index contributed by atoms with van der Waals surface area (Å²) in [4.78, 5) is 26.1. The molecule has 0 saturated carbocycles. The summed E-state index contributed by atoms with van der Waals surface area (Å²) in [6.45, 7) is 10.6. The van der Waals surface area contributed by atoms with E-state index >= 15 is 0 Å². The van der Waals surface area contributed by atoms with E-state index in [1.54, 1.807) is 25.1 Å². The normalized spacial score (nSPS) is 22.4. The zero-order chi connectivity index (χ0) is 20.0. The molecule has 2 aliphatic rings. The van der Waals surface area contributed by atoms with Crippen molar-refractivity contribution in [1.82, 2.24) is 9.80 Å². The smallest absolute Gasteiger partial charge is 0.257 e. The summed E-state index contributed by atoms with van der Waals surface area (Å²) in [6, 6.07) is 0. The molecule has 0 aromatic heterocycles. The number of likely N-dealkylation sites (tertiary alicyclic amines) is 2. The van der Waals surface area contributed by atoms with Gasteiger partial charge < -0.3 is 14.9 Å². The van der Waals surface area contributed by atoms with Crippen LogP contribution >= 0.6 is 0 Å². The highest BCUT2D eigenvalue weighted by Gasteiger charge is 2.40. The van der Waals surface area contributed by atoms with Crippen molar-refractivity contribution in [2.75, 3.05) is 33.2 Å². The van der Waals surface area contributed by atoms with Crippen LogP contribution in [0.15, 0.2) is 33.4 Å². The maximum atomic E-state index is 13.1. The van der Waals surface area contributed by atoms with Crippen LogP contribution in [0.2, 0.25) is 0 Å². The second-order valence-corrected chi connectivity index (χ2v) is 7.82. The molecule has 1 atom stereocenters. The van der Waals surface area contributed by atoms with Crippen molar-refractivity contribution < 1.29 is 9.90 Å². The molecule has 27 heavy (non-hydrogen) atoms. The predicted molar refractivity (Wildman–Crippen MR) is 111 cm³/mol. The van der Waals surface area contributed by atoms with Crippen LogP contribution in [0, 0.1) is 5.92 Å². The van der Waals surface area contributed by atoms with Gasteiger partial charge in [-0.25, -0.2) is 4.99 Å². The zero-order valence-electron chi connectivity index (χ0n) is 17.4. The average Bonchev–Trinajstić information content (AvgIpc) is 3.15. The lowest BCUT2D eigenvalue weighted by molar-refractivity contribution is -0.147. The minimum atomic E-state index is -0.796. The standard InChI is InChI=1S/C21H34N4O2/c1-6-10-18(24-11-8-9-12-24)23-19(16(3)7-2)17(13-22-5)20(26)25-14-21(4,27)15-25/h6,10,13,16,27H,7-9,11-12,14-15H2,1-5H3/b10-6-,19-17-,22-13-,23-18+. The number of nitrogens with zero attached hydrogens (tertiary/aromatic N) is 4. The topological polar surface area (TPSA) is 68.5 Å². The first-order valence-corrected chi connectivity index (χ1v) is 9.97. The van der Waals surface area contributed by atoms with Gasteiger partial charge in [-0.2, -0.15) is 0 Å². The summed E-state index contributed by atoms with van der Waals surface area (Å²) in [5.41, 5.74) is 0.512. The number of allylic oxidation sites excluding steroid dienone is 2. The summed E-state index contributed by atoms with van der Waals surface area (Å²) >= 11 is 0. The van der Waals surface area contributed by atoms with E-state index in [-0.39, 0.29) is 11.8 Å². The summed E-state index contributed by atoms with van der Waals surface area (Å²) in [6.07, 6.45) is 8.86. The Bertz CT molecular complexity index is 647. The first kappa shape index (κ1) is 21.4. The molecule has 2 fully saturated rings. The number of hydrogen-bond donors (Lipinski definition) is 1. The van der Waals surface area contributed by atoms with E-state index < -0.39 is 5.60 Å². The van der Waals surface area contributed by atoms with E-state index in [0.29, 0.717) is 18.7 Å². The molecule has 0 spiro atoms. The summed E-state index contributed by atoms with van der Waals surface area (Å²) in [7, 11) is 1.67. The minimum absolute atomic E-state index is 0.104. The molecule has 0 aromatic rings. The van der Waals surface area contributed by atoms with Gasteiger partial charge in [0, 0.05) is 26.4 Å². The molecule has 0 radical (unpaired) electrons. The maximum Gasteiger partial charge on any atom is 0.257 e. The summed E-state index contributed by atoms with van der Waals surface area (Å²) < 4.78 is 0. The van der Waals surface area contributed by atoms with Gasteiger partial charge in [-0.15, -0.1) is 0 Å². The molecule has 2 heterocycles. The molecular formula is C21H34N4O2. The monoisotopic (exact) mass is 374 g/mol. The molecule has 2 rings (SSSR count). The van der Waals surface area contributed by atoms with Crippen molar-refractivity contribution in [2.24, 2.45) is 15.9 Å². The van der Waals surface area contributed by atoms with Gasteiger partial charge in [0.05, 0.1) is 30.0 Å². The van der Waals surface area contributed by atoms with Gasteiger partial charge >= 0.3 is 0 Å². The van der Waals surface area contributed by atoms with Gasteiger partial charge in [-0.1, -0.05) is 19.9 Å². The van der Waals surface area contributed by atoms with Gasteiger partial charge in [0.1, 0.15) is 5.84 Å². The lowest BCUT2D eigenvalue weighted by Crippen LogP contribution is -2.62. The SMILES string of the molecule is C\C=C/C(=N\C(=C(\C=N/C)C(=O)N1CC(C)(O)C1)C(C)CC)N1CCCC1. The zero-order valence-corrected chi connectivity index (χ0v) is 17.4. The largest absolute Gasteiger partial charge is 0.386 e. The Kier molecular flexibility index (Phi) is 7.36. The summed E-state index contributed by atoms with van der Waals surface area (Å²) in [5.74, 6) is 0.940. The van der Waals surface area contributed by atoms with Crippen LogP contribution in [0.5, 0.6) is 0 Å². The number of carbonyl (C=O) groups is 1. The lowest BCUT2D eigenvalue weighted by Gasteiger charge is -2.44. The highest BCUT2D eigenvalue weighted by atomic mass is 16.3. The second-order valence-electron chi connectivity index (χ2n) is 7.82. The number of β-amino-alcohol motifs (C(OH)–C–C–N with tert-alkyl or cyclic N) is 1. The third-order valence-electron chi connectivity index (χ3n) is 5.17. The fourth-order valence-corrected chi connectivity index (χ4v) is 3.51. The van der Waals surface area contributed by atoms with Gasteiger partial charge in [-0.3, -0.25) is 9.79 Å². The van der Waals surface area contributed by atoms with E-state index in [9.17, 15) is 9.90 Å². The quantitative estimate of drug-likeness (QED) is 0.441. The Morgan fingerprint density at radius 2 is 1.89 bits per heavy atom. The van der Waals surface area contributed by atoms with Crippen molar-refractivity contribution in [3.05, 3.63) is 23.4 Å². The van der Waals surface area contributed by atoms with Crippen LogP contribution in [0.25, 0.3) is 0 Å². The third kappa shape index (κ3) is 5.28. The number of amides is 1. The van der Waals surface area contributed by atoms with Crippen LogP contribution in [0.4, 0.5) is 0 Å². The molecule has 0 aromatic carbocycles. The lowest BCUT2D eigenvalue weighted by atomic mass is 9.94. The average molecular weight is 375 g/mol. The molecule has 0 bridgehead atoms. The third-order valence-corrected chi connectivity index (χ3v) is 5.17. The van der Waals surface area contributed by atoms with E-state index in [1.165, 1.54) is 12.8 Å². The number of aliphatic hydroxyl groups is 1.